The Labute approximate surface area is 136 Å². The zero-order valence-corrected chi connectivity index (χ0v) is 13.3. The van der Waals surface area contributed by atoms with Crippen molar-refractivity contribution < 1.29 is 9.52 Å². The van der Waals surface area contributed by atoms with Gasteiger partial charge in [-0.15, -0.1) is 0 Å². The van der Waals surface area contributed by atoms with E-state index < -0.39 is 5.60 Å². The predicted octanol–water partition coefficient (Wildman–Crippen LogP) is 3.13. The summed E-state index contributed by atoms with van der Waals surface area (Å²) in [5.41, 5.74) is 1.47. The van der Waals surface area contributed by atoms with Gasteiger partial charge in [-0.2, -0.15) is 0 Å². The molecule has 0 saturated carbocycles. The fourth-order valence-corrected chi connectivity index (χ4v) is 2.61. The highest BCUT2D eigenvalue weighted by molar-refractivity contribution is 5.17. The number of furan rings is 1. The largest absolute Gasteiger partial charge is 0.466 e. The maximum absolute atomic E-state index is 10.4. The Morgan fingerprint density at radius 3 is 2.65 bits per heavy atom. The molecule has 2 aromatic heterocycles. The highest BCUT2D eigenvalue weighted by atomic mass is 16.4. The van der Waals surface area contributed by atoms with Crippen molar-refractivity contribution in [1.82, 2.24) is 9.88 Å². The second-order valence-corrected chi connectivity index (χ2v) is 6.03. The fraction of sp³-hybridized carbons (Fsp3) is 0.263. The molecule has 0 aliphatic rings. The normalized spacial score (nSPS) is 13.8. The van der Waals surface area contributed by atoms with Crippen LogP contribution in [0.15, 0.2) is 71.6 Å². The van der Waals surface area contributed by atoms with Crippen LogP contribution in [0.25, 0.3) is 0 Å². The third kappa shape index (κ3) is 4.12. The van der Waals surface area contributed by atoms with Crippen molar-refractivity contribution >= 4 is 0 Å². The molecule has 0 bridgehead atoms. The van der Waals surface area contributed by atoms with Crippen molar-refractivity contribution in [3.8, 4) is 0 Å². The third-order valence-electron chi connectivity index (χ3n) is 3.87. The summed E-state index contributed by atoms with van der Waals surface area (Å²) >= 11 is 0. The van der Waals surface area contributed by atoms with E-state index >= 15 is 0 Å². The molecule has 23 heavy (non-hydrogen) atoms. The maximum Gasteiger partial charge on any atom is 0.136 e. The second kappa shape index (κ2) is 6.86. The number of benzene rings is 1. The van der Waals surface area contributed by atoms with Crippen molar-refractivity contribution in [3.05, 3.63) is 84.1 Å². The van der Waals surface area contributed by atoms with Crippen LogP contribution in [-0.2, 0) is 18.7 Å². The van der Waals surface area contributed by atoms with Crippen molar-refractivity contribution in [2.45, 2.75) is 25.6 Å². The van der Waals surface area contributed by atoms with E-state index in [0.717, 1.165) is 6.54 Å². The van der Waals surface area contributed by atoms with Crippen LogP contribution in [0.3, 0.4) is 0 Å². The molecule has 4 heteroatoms. The minimum atomic E-state index is -1.00. The summed E-state index contributed by atoms with van der Waals surface area (Å²) in [6.07, 6.45) is 5.78. The highest BCUT2D eigenvalue weighted by Crippen LogP contribution is 2.19. The number of hydrogen-bond donors (Lipinski definition) is 2. The quantitative estimate of drug-likeness (QED) is 0.705. The molecule has 0 radical (unpaired) electrons. The van der Waals surface area contributed by atoms with Crippen LogP contribution in [0.2, 0.25) is 0 Å². The first kappa shape index (κ1) is 15.6. The molecule has 2 heterocycles. The van der Waals surface area contributed by atoms with Gasteiger partial charge in [0.2, 0.25) is 0 Å². The topological polar surface area (TPSA) is 50.3 Å². The summed E-state index contributed by atoms with van der Waals surface area (Å²) in [4.78, 5) is 0. The smallest absolute Gasteiger partial charge is 0.136 e. The lowest BCUT2D eigenvalue weighted by atomic mass is 10.0. The van der Waals surface area contributed by atoms with E-state index in [4.69, 9.17) is 4.42 Å². The molecule has 120 valence electrons. The molecular formula is C19H22N2O2. The first-order chi connectivity index (χ1) is 11.1. The van der Waals surface area contributed by atoms with Gasteiger partial charge in [-0.25, -0.2) is 0 Å². The van der Waals surface area contributed by atoms with Gasteiger partial charge in [-0.05, 0) is 36.2 Å². The van der Waals surface area contributed by atoms with Crippen LogP contribution in [0.5, 0.6) is 0 Å². The maximum atomic E-state index is 10.4. The van der Waals surface area contributed by atoms with Gasteiger partial charge in [0.25, 0.3) is 0 Å². The van der Waals surface area contributed by atoms with E-state index in [2.05, 4.69) is 52.6 Å². The Kier molecular flexibility index (Phi) is 4.65. The molecule has 0 spiro atoms. The minimum absolute atomic E-state index is 0.435. The fourth-order valence-electron chi connectivity index (χ4n) is 2.61. The number of nitrogens with zero attached hydrogens (tertiary/aromatic N) is 1. The number of rotatable bonds is 7. The number of hydrogen-bond acceptors (Lipinski definition) is 3. The van der Waals surface area contributed by atoms with Crippen molar-refractivity contribution in [1.29, 1.82) is 0 Å². The van der Waals surface area contributed by atoms with Gasteiger partial charge in [0.05, 0.1) is 6.26 Å². The standard InChI is InChI=1S/C19H22N2O2/c1-19(22,18-8-5-11-23-18)15-20-12-17-9-10-21(14-17)13-16-6-3-2-4-7-16/h2-11,14,20,22H,12-13,15H2,1H3. The monoisotopic (exact) mass is 310 g/mol. The Bertz CT molecular complexity index is 715. The molecule has 0 fully saturated rings. The molecule has 1 unspecified atom stereocenters. The summed E-state index contributed by atoms with van der Waals surface area (Å²) < 4.78 is 7.44. The molecule has 0 saturated heterocycles. The molecule has 3 aromatic rings. The molecular weight excluding hydrogens is 288 g/mol. The Morgan fingerprint density at radius 2 is 1.91 bits per heavy atom. The summed E-state index contributed by atoms with van der Waals surface area (Å²) in [5, 5.41) is 13.7. The summed E-state index contributed by atoms with van der Waals surface area (Å²) in [5.74, 6) is 0.576. The first-order valence-corrected chi connectivity index (χ1v) is 7.79. The number of nitrogens with one attached hydrogen (secondary N) is 1. The van der Waals surface area contributed by atoms with Gasteiger partial charge in [0, 0.05) is 32.0 Å². The van der Waals surface area contributed by atoms with E-state index in [1.54, 1.807) is 25.3 Å². The second-order valence-electron chi connectivity index (χ2n) is 6.03. The average Bonchev–Trinajstić information content (AvgIpc) is 3.20. The third-order valence-corrected chi connectivity index (χ3v) is 3.87. The molecule has 0 aliphatic heterocycles. The Hall–Kier alpha value is -2.30. The van der Waals surface area contributed by atoms with E-state index in [1.807, 2.05) is 6.07 Å². The van der Waals surface area contributed by atoms with Gasteiger partial charge in [-0.3, -0.25) is 0 Å². The lowest BCUT2D eigenvalue weighted by molar-refractivity contribution is 0.0340. The molecule has 3 rings (SSSR count). The molecule has 2 N–H and O–H groups in total. The van der Waals surface area contributed by atoms with E-state index in [9.17, 15) is 5.11 Å². The van der Waals surface area contributed by atoms with Gasteiger partial charge in [0.1, 0.15) is 11.4 Å². The van der Waals surface area contributed by atoms with Crippen LogP contribution < -0.4 is 5.32 Å². The highest BCUT2D eigenvalue weighted by Gasteiger charge is 2.25. The molecule has 1 atom stereocenters. The van der Waals surface area contributed by atoms with E-state index in [0.29, 0.717) is 18.8 Å². The van der Waals surface area contributed by atoms with Crippen molar-refractivity contribution in [2.24, 2.45) is 0 Å². The Morgan fingerprint density at radius 1 is 1.09 bits per heavy atom. The van der Waals surface area contributed by atoms with Crippen molar-refractivity contribution in [3.63, 3.8) is 0 Å². The number of aliphatic hydroxyl groups is 1. The predicted molar refractivity (Wildman–Crippen MR) is 90.0 cm³/mol. The van der Waals surface area contributed by atoms with Crippen LogP contribution in [0.4, 0.5) is 0 Å². The molecule has 0 amide bonds. The van der Waals surface area contributed by atoms with Gasteiger partial charge in [0.15, 0.2) is 0 Å². The van der Waals surface area contributed by atoms with Crippen LogP contribution in [0, 0.1) is 0 Å². The van der Waals surface area contributed by atoms with Crippen LogP contribution in [-0.4, -0.2) is 16.2 Å². The van der Waals surface area contributed by atoms with E-state index in [-0.39, 0.29) is 0 Å². The summed E-state index contributed by atoms with van der Waals surface area (Å²) in [7, 11) is 0. The van der Waals surface area contributed by atoms with Crippen molar-refractivity contribution in [2.75, 3.05) is 6.54 Å². The zero-order chi connectivity index (χ0) is 16.1. The SMILES string of the molecule is CC(O)(CNCc1ccn(Cc2ccccc2)c1)c1ccco1. The molecule has 0 aliphatic carbocycles. The minimum Gasteiger partial charge on any atom is -0.466 e. The molecule has 4 nitrogen and oxygen atoms in total. The van der Waals surface area contributed by atoms with Crippen LogP contribution in [0.1, 0.15) is 23.8 Å². The number of aromatic nitrogens is 1. The average molecular weight is 310 g/mol. The first-order valence-electron chi connectivity index (χ1n) is 7.79. The lowest BCUT2D eigenvalue weighted by Gasteiger charge is -2.21. The van der Waals surface area contributed by atoms with E-state index in [1.165, 1.54) is 11.1 Å². The Balaban J connectivity index is 1.52. The zero-order valence-electron chi connectivity index (χ0n) is 13.3. The lowest BCUT2D eigenvalue weighted by Crippen LogP contribution is -2.34. The molecule has 1 aromatic carbocycles. The van der Waals surface area contributed by atoms with Gasteiger partial charge >= 0.3 is 0 Å². The van der Waals surface area contributed by atoms with Crippen LogP contribution >= 0.6 is 0 Å². The summed E-state index contributed by atoms with van der Waals surface area (Å²) in [6, 6.07) is 16.1. The van der Waals surface area contributed by atoms with Gasteiger partial charge in [-0.1, -0.05) is 30.3 Å². The summed E-state index contributed by atoms with van der Waals surface area (Å²) in [6.45, 7) is 3.76. The van der Waals surface area contributed by atoms with Gasteiger partial charge < -0.3 is 19.4 Å².